The normalized spacial score (nSPS) is 10.9. The summed E-state index contributed by atoms with van der Waals surface area (Å²) in [6, 6.07) is 0. The minimum Gasteiger partial charge on any atom is -0.465 e. The minimum atomic E-state index is -0.959. The molecule has 170 valence electrons. The summed E-state index contributed by atoms with van der Waals surface area (Å²) in [5, 5.41) is 19.7. The molecule has 6 nitrogen and oxygen atoms in total. The zero-order valence-electron chi connectivity index (χ0n) is 19.7. The molecule has 2 amide bonds. The second-order valence-corrected chi connectivity index (χ2v) is 8.19. The molecule has 0 aliphatic heterocycles. The van der Waals surface area contributed by atoms with Crippen LogP contribution in [-0.4, -0.2) is 35.5 Å². The predicted octanol–water partition coefficient (Wildman–Crippen LogP) is 7.05. The van der Waals surface area contributed by atoms with Crippen molar-refractivity contribution in [2.45, 2.75) is 92.9 Å². The quantitative estimate of drug-likeness (QED) is 0.355. The van der Waals surface area contributed by atoms with Gasteiger partial charge >= 0.3 is 12.2 Å². The molecule has 0 aliphatic rings. The molecular weight excluding hydrogens is 380 g/mol. The van der Waals surface area contributed by atoms with Crippen LogP contribution < -0.4 is 9.80 Å². The van der Waals surface area contributed by atoms with E-state index in [1.807, 2.05) is 27.7 Å². The van der Waals surface area contributed by atoms with Gasteiger partial charge in [0.15, 0.2) is 0 Å². The van der Waals surface area contributed by atoms with Gasteiger partial charge in [-0.2, -0.15) is 0 Å². The molecule has 0 aromatic heterocycles. The van der Waals surface area contributed by atoms with Crippen molar-refractivity contribution in [3.05, 3.63) is 22.3 Å². The summed E-state index contributed by atoms with van der Waals surface area (Å²) in [4.78, 5) is 27.0. The largest absolute Gasteiger partial charge is 0.465 e. The number of nitrogens with zero attached hydrogens (tertiary/aromatic N) is 2. The van der Waals surface area contributed by atoms with Gasteiger partial charge in [-0.15, -0.1) is 0 Å². The van der Waals surface area contributed by atoms with Crippen LogP contribution in [0.1, 0.15) is 87.5 Å². The summed E-state index contributed by atoms with van der Waals surface area (Å²) < 4.78 is 0. The van der Waals surface area contributed by atoms with Crippen LogP contribution in [-0.2, 0) is 0 Å². The molecule has 2 N–H and O–H groups in total. The summed E-state index contributed by atoms with van der Waals surface area (Å²) >= 11 is 0. The Labute approximate surface area is 181 Å². The summed E-state index contributed by atoms with van der Waals surface area (Å²) in [5.74, 6) is 0. The molecule has 1 aromatic carbocycles. The third kappa shape index (κ3) is 6.38. The summed E-state index contributed by atoms with van der Waals surface area (Å²) in [5.41, 5.74) is 4.76. The number of anilines is 2. The third-order valence-corrected chi connectivity index (χ3v) is 6.02. The zero-order chi connectivity index (χ0) is 22.8. The Balaban J connectivity index is 3.34. The summed E-state index contributed by atoms with van der Waals surface area (Å²) in [6.45, 7) is 12.8. The second kappa shape index (κ2) is 12.5. The lowest BCUT2D eigenvalue weighted by atomic mass is 9.94. The number of hydrogen-bond acceptors (Lipinski definition) is 2. The van der Waals surface area contributed by atoms with Gasteiger partial charge in [0.2, 0.25) is 0 Å². The van der Waals surface area contributed by atoms with Crippen LogP contribution in [0.15, 0.2) is 0 Å². The fourth-order valence-corrected chi connectivity index (χ4v) is 4.08. The van der Waals surface area contributed by atoms with Gasteiger partial charge in [0.25, 0.3) is 0 Å². The van der Waals surface area contributed by atoms with Gasteiger partial charge in [0.1, 0.15) is 0 Å². The maximum atomic E-state index is 12.0. The number of rotatable bonds is 12. The van der Waals surface area contributed by atoms with E-state index in [0.29, 0.717) is 24.5 Å². The molecule has 0 spiro atoms. The Morgan fingerprint density at radius 1 is 0.600 bits per heavy atom. The monoisotopic (exact) mass is 420 g/mol. The van der Waals surface area contributed by atoms with E-state index < -0.39 is 12.2 Å². The molecule has 0 saturated carbocycles. The molecule has 1 rings (SSSR count). The molecule has 0 heterocycles. The van der Waals surface area contributed by atoms with Crippen LogP contribution in [0.25, 0.3) is 0 Å². The van der Waals surface area contributed by atoms with Crippen LogP contribution in [0.4, 0.5) is 21.0 Å². The average Bonchev–Trinajstić information content (AvgIpc) is 2.69. The van der Waals surface area contributed by atoms with E-state index in [-0.39, 0.29) is 0 Å². The van der Waals surface area contributed by atoms with E-state index in [2.05, 4.69) is 13.8 Å². The molecule has 0 radical (unpaired) electrons. The first kappa shape index (κ1) is 25.8. The predicted molar refractivity (Wildman–Crippen MR) is 124 cm³/mol. The van der Waals surface area contributed by atoms with Crippen molar-refractivity contribution in [1.82, 2.24) is 0 Å². The van der Waals surface area contributed by atoms with Crippen LogP contribution >= 0.6 is 0 Å². The first-order valence-electron chi connectivity index (χ1n) is 11.3. The topological polar surface area (TPSA) is 81.1 Å². The highest BCUT2D eigenvalue weighted by atomic mass is 16.4. The molecule has 30 heavy (non-hydrogen) atoms. The third-order valence-electron chi connectivity index (χ3n) is 6.02. The molecule has 0 aliphatic carbocycles. The number of carboxylic acid groups (broad SMARTS) is 2. The fourth-order valence-electron chi connectivity index (χ4n) is 4.08. The van der Waals surface area contributed by atoms with E-state index in [4.69, 9.17) is 0 Å². The Morgan fingerprint density at radius 2 is 0.900 bits per heavy atom. The van der Waals surface area contributed by atoms with E-state index in [0.717, 1.165) is 73.6 Å². The summed E-state index contributed by atoms with van der Waals surface area (Å²) in [7, 11) is 0. The molecule has 0 saturated heterocycles. The van der Waals surface area contributed by atoms with Gasteiger partial charge in [0, 0.05) is 13.1 Å². The Morgan fingerprint density at radius 3 is 1.13 bits per heavy atom. The SMILES string of the molecule is CCCCCCN(C(=O)O)c1c(C)c(C)c(N(CCCCCC)C(=O)O)c(C)c1C. The van der Waals surface area contributed by atoms with Gasteiger partial charge in [-0.05, 0) is 62.8 Å². The Hall–Kier alpha value is -2.24. The number of benzene rings is 1. The highest BCUT2D eigenvalue weighted by Gasteiger charge is 2.27. The van der Waals surface area contributed by atoms with E-state index in [9.17, 15) is 19.8 Å². The number of carbonyl (C=O) groups is 2. The molecule has 0 bridgehead atoms. The maximum Gasteiger partial charge on any atom is 0.411 e. The van der Waals surface area contributed by atoms with E-state index in [1.54, 1.807) is 0 Å². The van der Waals surface area contributed by atoms with Gasteiger partial charge in [-0.1, -0.05) is 52.4 Å². The molecule has 0 atom stereocenters. The van der Waals surface area contributed by atoms with Crippen LogP contribution in [0.2, 0.25) is 0 Å². The lowest BCUT2D eigenvalue weighted by Crippen LogP contribution is -2.34. The van der Waals surface area contributed by atoms with Gasteiger partial charge < -0.3 is 10.2 Å². The van der Waals surface area contributed by atoms with E-state index in [1.165, 1.54) is 9.80 Å². The fraction of sp³-hybridized carbons (Fsp3) is 0.667. The first-order valence-corrected chi connectivity index (χ1v) is 11.3. The Bertz CT molecular complexity index is 640. The van der Waals surface area contributed by atoms with Crippen molar-refractivity contribution in [3.8, 4) is 0 Å². The minimum absolute atomic E-state index is 0.453. The number of amides is 2. The standard InChI is InChI=1S/C24H40N2O4/c1-7-9-11-13-15-25(23(27)28)21-17(3)19(5)22(20(6)18(21)4)26(24(29)30)16-14-12-10-8-2/h7-16H2,1-6H3,(H,27,28)(H,29,30). The lowest BCUT2D eigenvalue weighted by molar-refractivity contribution is 0.200. The maximum absolute atomic E-state index is 12.0. The summed E-state index contributed by atoms with van der Waals surface area (Å²) in [6.07, 6.45) is 6.09. The number of hydrogen-bond donors (Lipinski definition) is 2. The van der Waals surface area contributed by atoms with Crippen molar-refractivity contribution in [2.75, 3.05) is 22.9 Å². The van der Waals surface area contributed by atoms with Crippen molar-refractivity contribution >= 4 is 23.6 Å². The van der Waals surface area contributed by atoms with Crippen molar-refractivity contribution in [1.29, 1.82) is 0 Å². The van der Waals surface area contributed by atoms with Crippen LogP contribution in [0, 0.1) is 27.7 Å². The molecule has 0 unspecified atom stereocenters. The number of unbranched alkanes of at least 4 members (excludes halogenated alkanes) is 6. The second-order valence-electron chi connectivity index (χ2n) is 8.19. The molecule has 1 aromatic rings. The Kier molecular flexibility index (Phi) is 10.7. The highest BCUT2D eigenvalue weighted by molar-refractivity contribution is 5.94. The molecular formula is C24H40N2O4. The first-order chi connectivity index (χ1) is 14.2. The average molecular weight is 421 g/mol. The van der Waals surface area contributed by atoms with E-state index >= 15 is 0 Å². The van der Waals surface area contributed by atoms with Crippen LogP contribution in [0.3, 0.4) is 0 Å². The lowest BCUT2D eigenvalue weighted by Gasteiger charge is -2.31. The van der Waals surface area contributed by atoms with Gasteiger partial charge in [0.05, 0.1) is 11.4 Å². The van der Waals surface area contributed by atoms with Crippen molar-refractivity contribution in [2.24, 2.45) is 0 Å². The van der Waals surface area contributed by atoms with Gasteiger partial charge in [-0.3, -0.25) is 9.80 Å². The molecule has 0 fully saturated rings. The van der Waals surface area contributed by atoms with Crippen LogP contribution in [0.5, 0.6) is 0 Å². The van der Waals surface area contributed by atoms with Crippen molar-refractivity contribution < 1.29 is 19.8 Å². The van der Waals surface area contributed by atoms with Crippen molar-refractivity contribution in [3.63, 3.8) is 0 Å². The molecule has 6 heteroatoms. The zero-order valence-corrected chi connectivity index (χ0v) is 19.7. The van der Waals surface area contributed by atoms with Gasteiger partial charge in [-0.25, -0.2) is 9.59 Å². The highest BCUT2D eigenvalue weighted by Crippen LogP contribution is 2.39. The smallest absolute Gasteiger partial charge is 0.411 e.